The second-order valence-electron chi connectivity index (χ2n) is 36.1. The SMILES string of the molecule is COCCOCCOCCCOCCOCCOCCOCCOCCOCCOCCN(CCC(=O)C[C@H](C(=O)N[C@@H](CCCNC(N)=O)C(=O)Nc1ccc(COC(=O)N(CCOC23CC4(C)CC(C)(CC(Cn5ncc(-c6ccc(N7CCc8cccc(C(=O)Nc9nc%10ccccc%10s9)c8C7)nc6C(=O)O)c5C)(C4)C2)C3)CCS(=O)(=O)O)cc1)C(C)C)C(=O)CN1C(=O)C=CC1=O. The minimum absolute atomic E-state index is 0.00156. The molecule has 39 nitrogen and oxygen atoms in total. The van der Waals surface area contributed by atoms with Crippen LogP contribution in [-0.4, -0.2) is 314 Å². The second kappa shape index (κ2) is 51.9. The number of fused-ring (bicyclic) bond motifs is 2. The number of aromatic carboxylic acids is 1. The van der Waals surface area contributed by atoms with Crippen molar-refractivity contribution in [3.05, 3.63) is 131 Å². The second-order valence-corrected chi connectivity index (χ2v) is 38.7. The van der Waals surface area contributed by atoms with Crippen molar-refractivity contribution in [3.8, 4) is 11.1 Å². The Hall–Kier alpha value is -10.4. The van der Waals surface area contributed by atoms with Crippen LogP contribution in [0.5, 0.6) is 0 Å². The van der Waals surface area contributed by atoms with Crippen LogP contribution in [-0.2, 0) is 122 Å². The van der Waals surface area contributed by atoms with E-state index in [4.69, 9.17) is 72.7 Å². The molecule has 6 aliphatic rings. The number of primary amides is 1. The molecule has 136 heavy (non-hydrogen) atoms. The summed E-state index contributed by atoms with van der Waals surface area (Å²) in [4.78, 5) is 149. The zero-order chi connectivity index (χ0) is 97.3. The van der Waals surface area contributed by atoms with Gasteiger partial charge in [-0.15, -0.1) is 0 Å². The first-order valence-corrected chi connectivity index (χ1v) is 48.8. The first-order chi connectivity index (χ1) is 65.3. The van der Waals surface area contributed by atoms with Crippen molar-refractivity contribution in [1.82, 2.24) is 45.1 Å². The van der Waals surface area contributed by atoms with Crippen molar-refractivity contribution in [2.24, 2.45) is 33.8 Å². The number of Topliss-reactive ketones (excluding diaryl/α,β-unsaturated/α-hetero) is 1. The van der Waals surface area contributed by atoms with Crippen molar-refractivity contribution >= 4 is 108 Å². The smallest absolute Gasteiger partial charge is 0.410 e. The summed E-state index contributed by atoms with van der Waals surface area (Å²) >= 11 is 1.39. The van der Waals surface area contributed by atoms with Crippen molar-refractivity contribution < 1.29 is 123 Å². The van der Waals surface area contributed by atoms with Gasteiger partial charge in [-0.2, -0.15) is 13.5 Å². The minimum atomic E-state index is -4.55. The van der Waals surface area contributed by atoms with Gasteiger partial charge in [-0.3, -0.25) is 53.0 Å². The number of amides is 9. The molecule has 12 rings (SSSR count). The fourth-order valence-electron chi connectivity index (χ4n) is 19.3. The molecule has 0 radical (unpaired) electrons. The Morgan fingerprint density at radius 2 is 1.26 bits per heavy atom. The summed E-state index contributed by atoms with van der Waals surface area (Å²) < 4.78 is 105. The number of hydrogen-bond donors (Lipinski definition) is 7. The molecule has 9 amide bonds. The fourth-order valence-corrected chi connectivity index (χ4v) is 20.6. The summed E-state index contributed by atoms with van der Waals surface area (Å²) in [6, 6.07) is 21.2. The molecular weight excluding hydrogens is 1800 g/mol. The van der Waals surface area contributed by atoms with Gasteiger partial charge in [0, 0.05) is 132 Å². The van der Waals surface area contributed by atoms with Crippen LogP contribution in [0.15, 0.2) is 97.2 Å². The van der Waals surface area contributed by atoms with Crippen molar-refractivity contribution in [3.63, 3.8) is 0 Å². The number of ether oxygens (including phenoxy) is 12. The van der Waals surface area contributed by atoms with Crippen LogP contribution < -0.4 is 31.9 Å². The number of hydrogen-bond acceptors (Lipinski definition) is 29. The summed E-state index contributed by atoms with van der Waals surface area (Å²) in [5.74, 6) is -6.84. The molecule has 41 heteroatoms. The highest BCUT2D eigenvalue weighted by Gasteiger charge is 2.66. The number of pyridine rings is 1. The number of aromatic nitrogens is 4. The van der Waals surface area contributed by atoms with Gasteiger partial charge in [0.25, 0.3) is 27.8 Å². The third-order valence-electron chi connectivity index (χ3n) is 24.7. The number of benzene rings is 3. The molecule has 0 saturated heterocycles. The molecular formula is C95H131N13O26S2. The first kappa shape index (κ1) is 106. The summed E-state index contributed by atoms with van der Waals surface area (Å²) in [5, 5.41) is 27.3. The van der Waals surface area contributed by atoms with Crippen LogP contribution in [0.25, 0.3) is 21.3 Å². The van der Waals surface area contributed by atoms with Crippen LogP contribution >= 0.6 is 11.3 Å². The summed E-state index contributed by atoms with van der Waals surface area (Å²) in [6.45, 7) is 17.4. The quantitative estimate of drug-likeness (QED) is 0.0107. The molecule has 4 aliphatic carbocycles. The Labute approximate surface area is 796 Å². The van der Waals surface area contributed by atoms with E-state index >= 15 is 0 Å². The van der Waals surface area contributed by atoms with Gasteiger partial charge in [-0.1, -0.05) is 75.4 Å². The number of urea groups is 1. The molecule has 2 aliphatic heterocycles. The Kier molecular flexibility index (Phi) is 40.5. The number of carbonyl (C=O) groups is 10. The lowest BCUT2D eigenvalue weighted by Crippen LogP contribution is -2.64. The highest BCUT2D eigenvalue weighted by Crippen LogP contribution is 2.72. The van der Waals surface area contributed by atoms with Gasteiger partial charge in [-0.05, 0) is 152 Å². The number of rotatable bonds is 63. The Morgan fingerprint density at radius 3 is 1.86 bits per heavy atom. The number of carboxylic acids is 1. The topological polar surface area (TPSA) is 487 Å². The summed E-state index contributed by atoms with van der Waals surface area (Å²) in [6.07, 6.45) is 8.85. The Morgan fingerprint density at radius 1 is 0.647 bits per heavy atom. The lowest BCUT2D eigenvalue weighted by atomic mass is 9.39. The molecule has 744 valence electrons. The third kappa shape index (κ3) is 32.4. The maximum absolute atomic E-state index is 14.3. The molecule has 4 atom stereocenters. The maximum Gasteiger partial charge on any atom is 0.410 e. The third-order valence-corrected chi connectivity index (χ3v) is 26.4. The average molecular weight is 1940 g/mol. The van der Waals surface area contributed by atoms with E-state index in [0.29, 0.717) is 165 Å². The number of ketones is 1. The molecule has 0 spiro atoms. The van der Waals surface area contributed by atoms with Gasteiger partial charge in [0.05, 0.1) is 147 Å². The molecule has 4 bridgehead atoms. The van der Waals surface area contributed by atoms with Gasteiger partial charge in [-0.25, -0.2) is 24.4 Å². The Bertz CT molecular complexity index is 5100. The van der Waals surface area contributed by atoms with Crippen LogP contribution in [0.1, 0.15) is 142 Å². The molecule has 8 N–H and O–H groups in total. The van der Waals surface area contributed by atoms with E-state index in [0.717, 1.165) is 82.6 Å². The zero-order valence-corrected chi connectivity index (χ0v) is 80.2. The number of nitrogens with two attached hydrogens (primary N) is 1. The summed E-state index contributed by atoms with van der Waals surface area (Å²) in [5.41, 5.74) is 9.63. The van der Waals surface area contributed by atoms with E-state index in [1.807, 2.05) is 59.0 Å². The number of imide groups is 1. The van der Waals surface area contributed by atoms with Gasteiger partial charge in [0.1, 0.15) is 30.8 Å². The molecule has 3 aromatic heterocycles. The number of carbonyl (C=O) groups excluding carboxylic acids is 9. The summed E-state index contributed by atoms with van der Waals surface area (Å²) in [7, 11) is -2.92. The van der Waals surface area contributed by atoms with E-state index in [-0.39, 0.29) is 125 Å². The predicted molar refractivity (Wildman–Crippen MR) is 502 cm³/mol. The van der Waals surface area contributed by atoms with E-state index in [1.54, 1.807) is 63.6 Å². The minimum Gasteiger partial charge on any atom is -0.476 e. The number of para-hydroxylation sites is 1. The number of thiazole rings is 1. The number of carboxylic acid groups (broad SMARTS) is 1. The van der Waals surface area contributed by atoms with E-state index in [2.05, 4.69) is 40.1 Å². The van der Waals surface area contributed by atoms with Crippen LogP contribution in [0.2, 0.25) is 0 Å². The molecule has 5 heterocycles. The largest absolute Gasteiger partial charge is 0.476 e. The molecule has 4 fully saturated rings. The molecule has 6 aromatic rings. The van der Waals surface area contributed by atoms with Gasteiger partial charge < -0.3 is 98.3 Å². The fraction of sp³-hybridized carbons (Fsp3) is 0.589. The molecule has 2 unspecified atom stereocenters. The zero-order valence-electron chi connectivity index (χ0n) is 78.5. The van der Waals surface area contributed by atoms with Gasteiger partial charge in [0.15, 0.2) is 10.8 Å². The van der Waals surface area contributed by atoms with Crippen LogP contribution in [0.3, 0.4) is 0 Å². The lowest BCUT2D eigenvalue weighted by molar-refractivity contribution is -0.248. The highest BCUT2D eigenvalue weighted by atomic mass is 32.2. The predicted octanol–water partition coefficient (Wildman–Crippen LogP) is 8.47. The first-order valence-electron chi connectivity index (χ1n) is 46.4. The van der Waals surface area contributed by atoms with E-state index in [1.165, 1.54) is 21.1 Å². The molecule has 3 aromatic carbocycles. The van der Waals surface area contributed by atoms with Crippen molar-refractivity contribution in [2.45, 2.75) is 143 Å². The van der Waals surface area contributed by atoms with Crippen molar-refractivity contribution in [2.75, 3.05) is 206 Å². The van der Waals surface area contributed by atoms with Crippen LogP contribution in [0, 0.1) is 35.0 Å². The number of anilines is 3. The standard InChI is InChI=1S/C95H131N13O26S2/c1-66(2)74(54-71(109)26-29-104(83(112)57-107-81(110)23-24-82(107)111)30-35-126-41-44-129-46-48-131-50-52-132-51-49-130-47-45-128-43-40-125-34-11-33-124-39-42-127-38-37-123-6)86(114)100-78(15-10-27-97-89(96)118)87(115)99-70-19-17-68(18-20-70)58-133-91(119)105(32-53-136(120,121)122)31-36-134-95-62-92(4)59-93(5,63-95)61-94(60-92,64-95)65-108-67(3)75(55-98-108)72-21-22-80(102-84(72)88(116)117)106-28-25-69-12-9-13-73(76(69)56-106)85(113)103-90-101-77-14-7-8-16-79(77)135-90/h7-9,12-14,16-24,55,66,74,78H,10-11,15,25-54,56-65H2,1-6H3,(H,99,115)(H,100,114)(H,116,117)(H3,96,97,118)(H,101,103,113)(H,120,121,122)/t74-,78-,92?,93?,94?,95?/m0/s1. The number of methoxy groups -OCH3 is 1. The monoisotopic (exact) mass is 1930 g/mol. The Balaban J connectivity index is 0.615. The number of nitrogens with one attached hydrogen (secondary N) is 4. The number of nitrogens with zero attached hydrogens (tertiary/aromatic N) is 8. The normalized spacial score (nSPS) is 18.7. The lowest BCUT2D eigenvalue weighted by Gasteiger charge is -2.69. The maximum atomic E-state index is 14.3. The van der Waals surface area contributed by atoms with Crippen LogP contribution in [0.4, 0.5) is 26.2 Å². The average Bonchev–Trinajstić information content (AvgIpc) is 0.944. The van der Waals surface area contributed by atoms with Gasteiger partial charge >= 0.3 is 18.1 Å². The molecule has 4 saturated carbocycles. The van der Waals surface area contributed by atoms with Crippen molar-refractivity contribution in [1.29, 1.82) is 0 Å². The van der Waals surface area contributed by atoms with E-state index < -0.39 is 106 Å². The van der Waals surface area contributed by atoms with Gasteiger partial charge in [0.2, 0.25) is 17.7 Å². The van der Waals surface area contributed by atoms with E-state index in [9.17, 15) is 66.0 Å². The highest BCUT2D eigenvalue weighted by molar-refractivity contribution is 7.85.